The van der Waals surface area contributed by atoms with Crippen molar-refractivity contribution in [1.29, 1.82) is 0 Å². The Balaban J connectivity index is 2.31. The molecule has 0 aromatic heterocycles. The van der Waals surface area contributed by atoms with Gasteiger partial charge in [0.2, 0.25) is 5.91 Å². The minimum Gasteiger partial charge on any atom is -0.342 e. The lowest BCUT2D eigenvalue weighted by Gasteiger charge is -2.30. The smallest absolute Gasteiger partial charge is 0.236 e. The number of hydrogen-bond donors (Lipinski definition) is 0. The fraction of sp³-hybridized carbons (Fsp3) is 0.667. The number of rotatable bonds is 3. The first-order valence-electron chi connectivity index (χ1n) is 6.35. The van der Waals surface area contributed by atoms with Crippen LogP contribution in [0.4, 0.5) is 4.39 Å². The number of azide groups is 1. The second kappa shape index (κ2) is 5.22. The highest BCUT2D eigenvalue weighted by atomic mass is 19.1. The van der Waals surface area contributed by atoms with Crippen LogP contribution in [-0.2, 0) is 14.3 Å². The number of carbonyl (C=O) groups is 2. The highest BCUT2D eigenvalue weighted by molar-refractivity contribution is 6.06. The molecule has 2 aliphatic heterocycles. The quantitative estimate of drug-likeness (QED) is 0.343. The maximum atomic E-state index is 14.4. The molecule has 20 heavy (non-hydrogen) atoms. The number of halogens is 1. The zero-order chi connectivity index (χ0) is 14.9. The van der Waals surface area contributed by atoms with Crippen molar-refractivity contribution < 1.29 is 18.7 Å². The van der Waals surface area contributed by atoms with Crippen molar-refractivity contribution in [1.82, 2.24) is 4.90 Å². The molecule has 0 aromatic carbocycles. The maximum absolute atomic E-state index is 14.4. The van der Waals surface area contributed by atoms with Crippen LogP contribution in [0.3, 0.4) is 0 Å². The third kappa shape index (κ3) is 2.17. The molecule has 0 aromatic rings. The molecule has 0 spiro atoms. The van der Waals surface area contributed by atoms with Crippen molar-refractivity contribution in [3.63, 3.8) is 0 Å². The number of carbonyl (C=O) groups excluding carboxylic acids is 2. The number of alkyl halides is 1. The molecule has 0 unspecified atom stereocenters. The number of ketones is 1. The molecule has 8 heteroatoms. The van der Waals surface area contributed by atoms with E-state index in [1.165, 1.54) is 12.3 Å². The highest BCUT2D eigenvalue weighted by Gasteiger charge is 2.54. The largest absolute Gasteiger partial charge is 0.342 e. The fourth-order valence-electron chi connectivity index (χ4n) is 2.53. The molecule has 0 saturated carbocycles. The summed E-state index contributed by atoms with van der Waals surface area (Å²) >= 11 is 0. The zero-order valence-corrected chi connectivity index (χ0v) is 11.2. The minimum absolute atomic E-state index is 0.291. The van der Waals surface area contributed by atoms with Gasteiger partial charge in [0.25, 0.3) is 0 Å². The molecule has 0 radical (unpaired) electrons. The predicted octanol–water partition coefficient (Wildman–Crippen LogP) is 2.05. The Morgan fingerprint density at radius 1 is 1.65 bits per heavy atom. The molecule has 0 aliphatic carbocycles. The minimum atomic E-state index is -1.50. The Morgan fingerprint density at radius 3 is 2.90 bits per heavy atom. The Morgan fingerprint density at radius 2 is 2.35 bits per heavy atom. The van der Waals surface area contributed by atoms with E-state index in [4.69, 9.17) is 10.3 Å². The van der Waals surface area contributed by atoms with Gasteiger partial charge in [-0.15, -0.1) is 0 Å². The van der Waals surface area contributed by atoms with Gasteiger partial charge in [-0.2, -0.15) is 0 Å². The molecular formula is C12H15FN4O3. The standard InChI is InChI=1S/C12H15FN4O3/c1-3-12(15-16-14)7(2)10(13)11(20-12)17-5-4-8(18)6-9(17)19/h4-5,7,10-11H,3,6H2,1-2H3/t7-,10+,11+,12+/m0/s1. The molecule has 1 fully saturated rings. The second-order valence-corrected chi connectivity index (χ2v) is 4.89. The first kappa shape index (κ1) is 14.5. The van der Waals surface area contributed by atoms with Gasteiger partial charge in [-0.1, -0.05) is 19.0 Å². The van der Waals surface area contributed by atoms with Crippen molar-refractivity contribution in [3.8, 4) is 0 Å². The van der Waals surface area contributed by atoms with E-state index in [-0.39, 0.29) is 12.2 Å². The number of nitrogens with zero attached hydrogens (tertiary/aromatic N) is 4. The van der Waals surface area contributed by atoms with E-state index in [1.54, 1.807) is 13.8 Å². The summed E-state index contributed by atoms with van der Waals surface area (Å²) in [7, 11) is 0. The van der Waals surface area contributed by atoms with Gasteiger partial charge < -0.3 is 4.74 Å². The van der Waals surface area contributed by atoms with Gasteiger partial charge in [0, 0.05) is 17.0 Å². The Bertz CT molecular complexity index is 517. The number of hydrogen-bond acceptors (Lipinski definition) is 4. The average Bonchev–Trinajstić information content (AvgIpc) is 2.65. The van der Waals surface area contributed by atoms with Gasteiger partial charge in [0.15, 0.2) is 23.9 Å². The van der Waals surface area contributed by atoms with Crippen LogP contribution in [0.1, 0.15) is 26.7 Å². The molecule has 0 bridgehead atoms. The van der Waals surface area contributed by atoms with Crippen LogP contribution in [0.2, 0.25) is 0 Å². The maximum Gasteiger partial charge on any atom is 0.236 e. The van der Waals surface area contributed by atoms with E-state index >= 15 is 0 Å². The van der Waals surface area contributed by atoms with Crippen LogP contribution < -0.4 is 0 Å². The van der Waals surface area contributed by atoms with Gasteiger partial charge in [0.1, 0.15) is 0 Å². The second-order valence-electron chi connectivity index (χ2n) is 4.89. The van der Waals surface area contributed by atoms with E-state index < -0.39 is 29.9 Å². The Hall–Kier alpha value is -1.92. The summed E-state index contributed by atoms with van der Waals surface area (Å²) in [4.78, 5) is 26.7. The topological polar surface area (TPSA) is 95.4 Å². The summed E-state index contributed by atoms with van der Waals surface area (Å²) in [5.74, 6) is -1.54. The van der Waals surface area contributed by atoms with Gasteiger partial charge in [-0.3, -0.25) is 14.5 Å². The summed E-state index contributed by atoms with van der Waals surface area (Å²) in [6, 6.07) is 0. The van der Waals surface area contributed by atoms with Crippen molar-refractivity contribution in [2.24, 2.45) is 11.0 Å². The van der Waals surface area contributed by atoms with Crippen LogP contribution in [0, 0.1) is 5.92 Å². The normalized spacial score (nSPS) is 37.1. The predicted molar refractivity (Wildman–Crippen MR) is 66.7 cm³/mol. The van der Waals surface area contributed by atoms with E-state index in [2.05, 4.69) is 10.0 Å². The van der Waals surface area contributed by atoms with Crippen LogP contribution >= 0.6 is 0 Å². The lowest BCUT2D eigenvalue weighted by Crippen LogP contribution is -2.44. The third-order valence-electron chi connectivity index (χ3n) is 3.82. The number of allylic oxidation sites excluding steroid dienone is 1. The summed E-state index contributed by atoms with van der Waals surface area (Å²) in [6.45, 7) is 3.30. The highest BCUT2D eigenvalue weighted by Crippen LogP contribution is 2.43. The molecule has 7 nitrogen and oxygen atoms in total. The monoisotopic (exact) mass is 282 g/mol. The summed E-state index contributed by atoms with van der Waals surface area (Å²) in [5.41, 5.74) is 7.32. The van der Waals surface area contributed by atoms with Crippen molar-refractivity contribution in [2.45, 2.75) is 44.8 Å². The van der Waals surface area contributed by atoms with Gasteiger partial charge >= 0.3 is 0 Å². The molecule has 4 atom stereocenters. The molecule has 2 rings (SSSR count). The van der Waals surface area contributed by atoms with E-state index in [0.717, 1.165) is 4.90 Å². The van der Waals surface area contributed by atoms with Crippen LogP contribution in [0.5, 0.6) is 0 Å². The molecule has 1 saturated heterocycles. The zero-order valence-electron chi connectivity index (χ0n) is 11.2. The van der Waals surface area contributed by atoms with Crippen molar-refractivity contribution >= 4 is 11.7 Å². The third-order valence-corrected chi connectivity index (χ3v) is 3.82. The van der Waals surface area contributed by atoms with E-state index in [1.807, 2.05) is 0 Å². The summed E-state index contributed by atoms with van der Waals surface area (Å²) in [6.07, 6.45) is -0.255. The lowest BCUT2D eigenvalue weighted by atomic mass is 9.93. The van der Waals surface area contributed by atoms with Gasteiger partial charge in [-0.25, -0.2) is 4.39 Å². The molecule has 2 aliphatic rings. The van der Waals surface area contributed by atoms with Crippen LogP contribution in [-0.4, -0.2) is 34.7 Å². The number of amides is 1. The summed E-state index contributed by atoms with van der Waals surface area (Å²) < 4.78 is 20.0. The Labute approximate surface area is 115 Å². The first-order chi connectivity index (χ1) is 9.45. The number of ether oxygens (including phenoxy) is 1. The van der Waals surface area contributed by atoms with Crippen LogP contribution in [0.15, 0.2) is 17.4 Å². The first-order valence-corrected chi connectivity index (χ1v) is 6.35. The molecular weight excluding hydrogens is 267 g/mol. The average molecular weight is 282 g/mol. The Kier molecular flexibility index (Phi) is 3.78. The SMILES string of the molecule is CC[C@@]1(N=[N+]=[N-])O[C@@H](N2C=CC(=O)CC2=O)[C@H](F)[C@@H]1C. The summed E-state index contributed by atoms with van der Waals surface area (Å²) in [5, 5.41) is 3.58. The van der Waals surface area contributed by atoms with E-state index in [9.17, 15) is 14.0 Å². The molecule has 2 heterocycles. The molecule has 1 amide bonds. The fourth-order valence-corrected chi connectivity index (χ4v) is 2.53. The van der Waals surface area contributed by atoms with Gasteiger partial charge in [0.05, 0.1) is 6.42 Å². The van der Waals surface area contributed by atoms with Crippen molar-refractivity contribution in [2.75, 3.05) is 0 Å². The van der Waals surface area contributed by atoms with E-state index in [0.29, 0.717) is 6.42 Å². The van der Waals surface area contributed by atoms with Crippen molar-refractivity contribution in [3.05, 3.63) is 22.7 Å². The van der Waals surface area contributed by atoms with Crippen LogP contribution in [0.25, 0.3) is 10.4 Å². The van der Waals surface area contributed by atoms with Gasteiger partial charge in [-0.05, 0) is 18.0 Å². The lowest BCUT2D eigenvalue weighted by molar-refractivity contribution is -0.152. The molecule has 0 N–H and O–H groups in total. The molecule has 108 valence electrons.